The number of rotatable bonds is 5. The number of ether oxygens (including phenoxy) is 1. The van der Waals surface area contributed by atoms with Gasteiger partial charge in [0.05, 0.1) is 41.2 Å². The van der Waals surface area contributed by atoms with Gasteiger partial charge in [-0.25, -0.2) is 9.94 Å². The lowest BCUT2D eigenvalue weighted by molar-refractivity contribution is -0.137. The molecule has 0 unspecified atom stereocenters. The highest BCUT2D eigenvalue weighted by atomic mass is 19.4. The van der Waals surface area contributed by atoms with Gasteiger partial charge in [0.2, 0.25) is 5.69 Å². The molecule has 5 rings (SSSR count). The number of nitrogens with zero attached hydrogens (tertiary/aromatic N) is 4. The fourth-order valence-corrected chi connectivity index (χ4v) is 4.03. The Kier molecular flexibility index (Phi) is 5.33. The van der Waals surface area contributed by atoms with Crippen LogP contribution >= 0.6 is 0 Å². The van der Waals surface area contributed by atoms with Gasteiger partial charge in [-0.3, -0.25) is 9.48 Å². The fourth-order valence-electron chi connectivity index (χ4n) is 4.03. The third kappa shape index (κ3) is 4.02. The molecule has 1 aliphatic rings. The van der Waals surface area contributed by atoms with Crippen LogP contribution in [0.3, 0.4) is 0 Å². The number of fused-ring (bicyclic) bond motifs is 1. The first kappa shape index (κ1) is 22.6. The van der Waals surface area contributed by atoms with E-state index in [2.05, 4.69) is 20.1 Å². The van der Waals surface area contributed by atoms with Crippen LogP contribution in [-0.2, 0) is 19.8 Å². The molecule has 1 saturated carbocycles. The molecule has 0 atom stereocenters. The number of halogens is 3. The Morgan fingerprint density at radius 2 is 2.00 bits per heavy atom. The van der Waals surface area contributed by atoms with E-state index in [0.29, 0.717) is 33.3 Å². The maximum absolute atomic E-state index is 13.8. The van der Waals surface area contributed by atoms with Crippen molar-refractivity contribution in [1.82, 2.24) is 20.0 Å². The molecule has 35 heavy (non-hydrogen) atoms. The van der Waals surface area contributed by atoms with Gasteiger partial charge < -0.3 is 10.5 Å². The first-order valence-corrected chi connectivity index (χ1v) is 10.7. The van der Waals surface area contributed by atoms with Crippen LogP contribution in [0.25, 0.3) is 38.0 Å². The third-order valence-corrected chi connectivity index (χ3v) is 5.90. The molecule has 2 heterocycles. The molecule has 11 heteroatoms. The minimum absolute atomic E-state index is 0.0173. The Labute approximate surface area is 197 Å². The number of nitrogens with one attached hydrogen (secondary N) is 1. The minimum Gasteiger partial charge on any atom is -0.501 e. The standard InChI is InChI=1S/C24H19F3N6O2/c1-29-21-17(8-13(24(25,26)27)9-20(21)35-14-4-5-14)22-18(11-30-33(22)2)12-3-6-15-16(7-12)19(10-28)31-32-23(15)34/h3,6-9,11,14H,4-5,10,28H2,2H3,(H,32,34). The van der Waals surface area contributed by atoms with E-state index in [4.69, 9.17) is 17.0 Å². The van der Waals surface area contributed by atoms with Gasteiger partial charge in [0.15, 0.2) is 0 Å². The summed E-state index contributed by atoms with van der Waals surface area (Å²) in [4.78, 5) is 15.7. The average molecular weight is 480 g/mol. The molecule has 0 saturated heterocycles. The monoisotopic (exact) mass is 480 g/mol. The Morgan fingerprint density at radius 3 is 2.66 bits per heavy atom. The Hall–Kier alpha value is -4.17. The molecule has 3 N–H and O–H groups in total. The molecule has 4 aromatic rings. The van der Waals surface area contributed by atoms with Crippen LogP contribution in [0.15, 0.2) is 41.3 Å². The lowest BCUT2D eigenvalue weighted by Crippen LogP contribution is -2.13. The lowest BCUT2D eigenvalue weighted by Gasteiger charge is -2.17. The molecular weight excluding hydrogens is 461 g/mol. The molecule has 2 aromatic heterocycles. The number of aromatic nitrogens is 4. The average Bonchev–Trinajstić information content (AvgIpc) is 3.56. The number of alkyl halides is 3. The largest absolute Gasteiger partial charge is 0.501 e. The molecule has 0 radical (unpaired) electrons. The van der Waals surface area contributed by atoms with E-state index in [9.17, 15) is 18.0 Å². The van der Waals surface area contributed by atoms with Crippen molar-refractivity contribution in [2.24, 2.45) is 12.8 Å². The van der Waals surface area contributed by atoms with Crippen LogP contribution in [-0.4, -0.2) is 26.1 Å². The second-order valence-electron chi connectivity index (χ2n) is 8.29. The first-order chi connectivity index (χ1) is 16.7. The Morgan fingerprint density at radius 1 is 1.23 bits per heavy atom. The highest BCUT2D eigenvalue weighted by Crippen LogP contribution is 2.47. The van der Waals surface area contributed by atoms with E-state index in [1.54, 1.807) is 25.2 Å². The maximum atomic E-state index is 13.8. The normalized spacial score (nSPS) is 13.7. The second kappa shape index (κ2) is 8.25. The van der Waals surface area contributed by atoms with Gasteiger partial charge in [-0.15, -0.1) is 0 Å². The number of aromatic amines is 1. The smallest absolute Gasteiger partial charge is 0.416 e. The van der Waals surface area contributed by atoms with Gasteiger partial charge in [0, 0.05) is 30.1 Å². The number of nitrogens with two attached hydrogens (primary N) is 1. The highest BCUT2D eigenvalue weighted by Gasteiger charge is 2.35. The summed E-state index contributed by atoms with van der Waals surface area (Å²) in [7, 11) is 1.59. The van der Waals surface area contributed by atoms with E-state index >= 15 is 0 Å². The van der Waals surface area contributed by atoms with Crippen LogP contribution in [0.2, 0.25) is 0 Å². The van der Waals surface area contributed by atoms with Gasteiger partial charge >= 0.3 is 6.18 Å². The minimum atomic E-state index is -4.64. The molecule has 0 amide bonds. The Balaban J connectivity index is 1.76. The van der Waals surface area contributed by atoms with E-state index in [1.165, 1.54) is 10.9 Å². The van der Waals surface area contributed by atoms with E-state index in [0.717, 1.165) is 25.0 Å². The van der Waals surface area contributed by atoms with Crippen molar-refractivity contribution in [1.29, 1.82) is 0 Å². The van der Waals surface area contributed by atoms with Crippen molar-refractivity contribution in [3.63, 3.8) is 0 Å². The number of H-pyrrole nitrogens is 1. The Bertz CT molecular complexity index is 1560. The molecule has 8 nitrogen and oxygen atoms in total. The quantitative estimate of drug-likeness (QED) is 0.408. The van der Waals surface area contributed by atoms with E-state index in [1.807, 2.05) is 0 Å². The number of benzene rings is 2. The summed E-state index contributed by atoms with van der Waals surface area (Å²) >= 11 is 0. The van der Waals surface area contributed by atoms with E-state index < -0.39 is 11.7 Å². The van der Waals surface area contributed by atoms with Gasteiger partial charge in [-0.1, -0.05) is 12.1 Å². The topological polar surface area (TPSA) is 103 Å². The molecule has 0 aliphatic heterocycles. The van der Waals surface area contributed by atoms with Crippen molar-refractivity contribution >= 4 is 16.5 Å². The molecule has 1 aliphatic carbocycles. The first-order valence-electron chi connectivity index (χ1n) is 10.7. The van der Waals surface area contributed by atoms with Crippen molar-refractivity contribution in [3.05, 3.63) is 69.6 Å². The van der Waals surface area contributed by atoms with Gasteiger partial charge in [0.1, 0.15) is 5.75 Å². The van der Waals surface area contributed by atoms with E-state index in [-0.39, 0.29) is 35.2 Å². The maximum Gasteiger partial charge on any atom is 0.416 e. The lowest BCUT2D eigenvalue weighted by atomic mass is 9.96. The van der Waals surface area contributed by atoms with Crippen LogP contribution < -0.4 is 16.0 Å². The molecule has 178 valence electrons. The van der Waals surface area contributed by atoms with Gasteiger partial charge in [-0.2, -0.15) is 23.4 Å². The second-order valence-corrected chi connectivity index (χ2v) is 8.29. The number of hydrogen-bond donors (Lipinski definition) is 2. The van der Waals surface area contributed by atoms with Gasteiger partial charge in [-0.05, 0) is 36.6 Å². The van der Waals surface area contributed by atoms with Crippen molar-refractivity contribution < 1.29 is 17.9 Å². The zero-order chi connectivity index (χ0) is 24.9. The zero-order valence-electron chi connectivity index (χ0n) is 18.5. The molecule has 0 bridgehead atoms. The third-order valence-electron chi connectivity index (χ3n) is 5.90. The number of hydrogen-bond acceptors (Lipinski definition) is 5. The number of aryl methyl sites for hydroxylation is 1. The van der Waals surface area contributed by atoms with Crippen molar-refractivity contribution in [2.45, 2.75) is 31.7 Å². The van der Waals surface area contributed by atoms with Crippen LogP contribution in [0.4, 0.5) is 18.9 Å². The molecule has 2 aromatic carbocycles. The summed E-state index contributed by atoms with van der Waals surface area (Å²) in [5, 5.41) is 11.6. The van der Waals surface area contributed by atoms with Crippen LogP contribution in [0.1, 0.15) is 24.1 Å². The molecule has 1 fully saturated rings. The summed E-state index contributed by atoms with van der Waals surface area (Å²) < 4.78 is 48.5. The van der Waals surface area contributed by atoms with Gasteiger partial charge in [0.25, 0.3) is 5.56 Å². The molecular formula is C24H19F3N6O2. The zero-order valence-corrected chi connectivity index (χ0v) is 18.5. The summed E-state index contributed by atoms with van der Waals surface area (Å²) in [5.74, 6) is -0.0980. The summed E-state index contributed by atoms with van der Waals surface area (Å²) in [6.45, 7) is 7.80. The summed E-state index contributed by atoms with van der Waals surface area (Å²) in [6, 6.07) is 6.81. The van der Waals surface area contributed by atoms with Crippen LogP contribution in [0, 0.1) is 6.57 Å². The van der Waals surface area contributed by atoms with Crippen molar-refractivity contribution in [2.75, 3.05) is 0 Å². The summed E-state index contributed by atoms with van der Waals surface area (Å²) in [6.07, 6.45) is -1.86. The highest BCUT2D eigenvalue weighted by molar-refractivity contribution is 5.94. The van der Waals surface area contributed by atoms with Crippen molar-refractivity contribution in [3.8, 4) is 28.1 Å². The fraction of sp³-hybridized carbons (Fsp3) is 0.250. The SMILES string of the molecule is [C-]#[N+]c1c(OC2CC2)cc(C(F)(F)F)cc1-c1c(-c2ccc3c(=O)[nH]nc(CN)c3c2)cnn1C. The summed E-state index contributed by atoms with van der Waals surface area (Å²) in [5.41, 5.74) is 6.37. The van der Waals surface area contributed by atoms with Crippen LogP contribution in [0.5, 0.6) is 5.75 Å². The predicted octanol–water partition coefficient (Wildman–Crippen LogP) is 4.56. The predicted molar refractivity (Wildman–Crippen MR) is 123 cm³/mol. The molecule has 0 spiro atoms.